The summed E-state index contributed by atoms with van der Waals surface area (Å²) in [6.45, 7) is 9.13. The largest absolute Gasteiger partial charge is 0.256 e. The molecule has 0 aliphatic heterocycles. The van der Waals surface area contributed by atoms with E-state index in [9.17, 15) is 0 Å². The van der Waals surface area contributed by atoms with Crippen molar-refractivity contribution >= 4 is 0 Å². The second-order valence-electron chi connectivity index (χ2n) is 15.8. The molecule has 0 spiro atoms. The molecule has 0 bridgehead atoms. The van der Waals surface area contributed by atoms with Crippen LogP contribution in [0.25, 0.3) is 55.9 Å². The van der Waals surface area contributed by atoms with E-state index in [2.05, 4.69) is 154 Å². The van der Waals surface area contributed by atoms with Crippen LogP contribution in [-0.4, -0.2) is 9.97 Å². The second kappa shape index (κ2) is 15.4. The highest BCUT2D eigenvalue weighted by molar-refractivity contribution is 5.85. The Bertz CT molecular complexity index is 2380. The summed E-state index contributed by atoms with van der Waals surface area (Å²) in [6, 6.07) is 49.2. The zero-order valence-corrected chi connectivity index (χ0v) is 32.2. The van der Waals surface area contributed by atoms with Crippen molar-refractivity contribution < 1.29 is 0 Å². The van der Waals surface area contributed by atoms with E-state index in [0.29, 0.717) is 5.41 Å². The minimum absolute atomic E-state index is 0.303. The summed E-state index contributed by atoms with van der Waals surface area (Å²) in [5.41, 5.74) is 20.2. The molecule has 1 aliphatic rings. The van der Waals surface area contributed by atoms with Gasteiger partial charge in [-0.15, -0.1) is 0 Å². The fourth-order valence-corrected chi connectivity index (χ4v) is 8.57. The minimum Gasteiger partial charge on any atom is -0.256 e. The summed E-state index contributed by atoms with van der Waals surface area (Å²) >= 11 is 0. The Morgan fingerprint density at radius 3 is 1.87 bits per heavy atom. The van der Waals surface area contributed by atoms with E-state index in [4.69, 9.17) is 4.98 Å². The molecule has 0 N–H and O–H groups in total. The van der Waals surface area contributed by atoms with Crippen LogP contribution in [-0.2, 0) is 18.3 Å². The molecule has 1 aliphatic carbocycles. The van der Waals surface area contributed by atoms with Gasteiger partial charge in [-0.05, 0) is 131 Å². The summed E-state index contributed by atoms with van der Waals surface area (Å²) in [6.07, 6.45) is 12.5. The van der Waals surface area contributed by atoms with E-state index < -0.39 is 0 Å². The van der Waals surface area contributed by atoms with Crippen LogP contribution >= 0.6 is 0 Å². The first-order valence-electron chi connectivity index (χ1n) is 19.7. The maximum absolute atomic E-state index is 4.91. The molecule has 268 valence electrons. The Kier molecular flexibility index (Phi) is 10.1. The molecule has 8 rings (SSSR count). The molecule has 1 saturated carbocycles. The SMILES string of the molecule is Cc1cc(CCc2ccc(-c3ccccn3)cc2)cc(-c2ccccc2-c2ccc(-c3cc(-c4ccc(C5(C)CCCCC5)cc4C)c(C)cn3)cc2)c1. The van der Waals surface area contributed by atoms with Gasteiger partial charge >= 0.3 is 0 Å². The quantitative estimate of drug-likeness (QED) is 0.150. The van der Waals surface area contributed by atoms with Gasteiger partial charge in [-0.25, -0.2) is 0 Å². The first kappa shape index (κ1) is 35.4. The highest BCUT2D eigenvalue weighted by atomic mass is 14.7. The molecular weight excluding hydrogens is 653 g/mol. The van der Waals surface area contributed by atoms with Gasteiger partial charge in [0.25, 0.3) is 0 Å². The van der Waals surface area contributed by atoms with Gasteiger partial charge in [-0.1, -0.05) is 147 Å². The van der Waals surface area contributed by atoms with Crippen LogP contribution in [0.1, 0.15) is 72.4 Å². The molecule has 5 aromatic carbocycles. The van der Waals surface area contributed by atoms with Crippen molar-refractivity contribution in [3.8, 4) is 55.9 Å². The first-order chi connectivity index (χ1) is 26.3. The molecule has 0 atom stereocenters. The van der Waals surface area contributed by atoms with Crippen LogP contribution < -0.4 is 0 Å². The van der Waals surface area contributed by atoms with Crippen molar-refractivity contribution in [1.82, 2.24) is 9.97 Å². The number of hydrogen-bond donors (Lipinski definition) is 0. The lowest BCUT2D eigenvalue weighted by molar-refractivity contribution is 0.319. The lowest BCUT2D eigenvalue weighted by Gasteiger charge is -2.34. The fourth-order valence-electron chi connectivity index (χ4n) is 8.57. The van der Waals surface area contributed by atoms with Crippen LogP contribution in [0.2, 0.25) is 0 Å². The molecule has 54 heavy (non-hydrogen) atoms. The number of nitrogens with zero attached hydrogens (tertiary/aromatic N) is 2. The van der Waals surface area contributed by atoms with Gasteiger partial charge in [0.05, 0.1) is 11.4 Å². The lowest BCUT2D eigenvalue weighted by atomic mass is 9.70. The summed E-state index contributed by atoms with van der Waals surface area (Å²) in [7, 11) is 0. The van der Waals surface area contributed by atoms with Crippen LogP contribution in [0.15, 0.2) is 146 Å². The summed E-state index contributed by atoms with van der Waals surface area (Å²) in [5, 5.41) is 0. The van der Waals surface area contributed by atoms with Crippen LogP contribution in [0.3, 0.4) is 0 Å². The fraction of sp³-hybridized carbons (Fsp3) is 0.231. The molecule has 0 unspecified atom stereocenters. The molecule has 2 heterocycles. The summed E-state index contributed by atoms with van der Waals surface area (Å²) in [5.74, 6) is 0. The monoisotopic (exact) mass is 702 g/mol. The Morgan fingerprint density at radius 2 is 1.15 bits per heavy atom. The van der Waals surface area contributed by atoms with Gasteiger partial charge in [-0.3, -0.25) is 9.97 Å². The third kappa shape index (κ3) is 7.57. The van der Waals surface area contributed by atoms with Gasteiger partial charge in [-0.2, -0.15) is 0 Å². The number of benzene rings is 5. The molecule has 1 fully saturated rings. The van der Waals surface area contributed by atoms with Crippen molar-refractivity contribution in [3.63, 3.8) is 0 Å². The Morgan fingerprint density at radius 1 is 0.481 bits per heavy atom. The topological polar surface area (TPSA) is 25.8 Å². The summed E-state index contributed by atoms with van der Waals surface area (Å²) < 4.78 is 0. The Hall–Kier alpha value is -5.60. The predicted molar refractivity (Wildman–Crippen MR) is 228 cm³/mol. The average molecular weight is 703 g/mol. The van der Waals surface area contributed by atoms with Gasteiger partial charge in [0.1, 0.15) is 0 Å². The van der Waals surface area contributed by atoms with Crippen LogP contribution in [0.5, 0.6) is 0 Å². The van der Waals surface area contributed by atoms with Crippen LogP contribution in [0.4, 0.5) is 0 Å². The molecule has 0 amide bonds. The molecular formula is C52H50N2. The van der Waals surface area contributed by atoms with Crippen molar-refractivity contribution in [2.75, 3.05) is 0 Å². The van der Waals surface area contributed by atoms with Gasteiger partial charge < -0.3 is 0 Å². The second-order valence-corrected chi connectivity index (χ2v) is 15.8. The number of aryl methyl sites for hydroxylation is 5. The third-order valence-corrected chi connectivity index (χ3v) is 11.8. The zero-order chi connectivity index (χ0) is 37.1. The summed E-state index contributed by atoms with van der Waals surface area (Å²) in [4.78, 5) is 9.41. The van der Waals surface area contributed by atoms with Gasteiger partial charge in [0, 0.05) is 23.5 Å². The number of hydrogen-bond acceptors (Lipinski definition) is 2. The number of rotatable bonds is 9. The minimum atomic E-state index is 0.303. The molecule has 2 aromatic heterocycles. The van der Waals surface area contributed by atoms with Crippen molar-refractivity contribution in [3.05, 3.63) is 179 Å². The standard InChI is InChI=1S/C52H50N2/c1-36-30-40(16-15-39-17-19-42(20-18-39)50-14-8-11-29-53-50)33-44(31-36)48-13-7-6-12-47(48)41-21-23-43(24-22-41)51-34-49(38(3)35-54-51)46-26-25-45(32-37(46)2)52(4)27-9-5-10-28-52/h6-8,11-14,17-26,29-35H,5,9-10,15-16,27-28H2,1-4H3. The lowest BCUT2D eigenvalue weighted by Crippen LogP contribution is -2.25. The average Bonchev–Trinajstić information content (AvgIpc) is 3.21. The van der Waals surface area contributed by atoms with E-state index in [1.807, 2.05) is 24.5 Å². The van der Waals surface area contributed by atoms with E-state index in [1.54, 1.807) is 0 Å². The normalized spacial score (nSPS) is 13.9. The van der Waals surface area contributed by atoms with Gasteiger partial charge in [0.15, 0.2) is 0 Å². The smallest absolute Gasteiger partial charge is 0.0708 e. The van der Waals surface area contributed by atoms with E-state index in [1.165, 1.54) is 98.9 Å². The highest BCUT2D eigenvalue weighted by Gasteiger charge is 2.29. The van der Waals surface area contributed by atoms with E-state index in [-0.39, 0.29) is 0 Å². The highest BCUT2D eigenvalue weighted by Crippen LogP contribution is 2.41. The zero-order valence-electron chi connectivity index (χ0n) is 32.2. The first-order valence-corrected chi connectivity index (χ1v) is 19.7. The van der Waals surface area contributed by atoms with Crippen molar-refractivity contribution in [1.29, 1.82) is 0 Å². The number of aromatic nitrogens is 2. The molecule has 2 nitrogen and oxygen atoms in total. The maximum atomic E-state index is 4.91. The van der Waals surface area contributed by atoms with Crippen molar-refractivity contribution in [2.45, 2.75) is 78.1 Å². The van der Waals surface area contributed by atoms with Gasteiger partial charge in [0.2, 0.25) is 0 Å². The Labute approximate surface area is 322 Å². The van der Waals surface area contributed by atoms with Crippen molar-refractivity contribution in [2.24, 2.45) is 0 Å². The molecule has 7 aromatic rings. The van der Waals surface area contributed by atoms with E-state index in [0.717, 1.165) is 35.4 Å². The third-order valence-electron chi connectivity index (χ3n) is 11.8. The molecule has 0 saturated heterocycles. The van der Waals surface area contributed by atoms with Crippen LogP contribution in [0, 0.1) is 20.8 Å². The number of pyridine rings is 2. The molecule has 0 radical (unpaired) electrons. The predicted octanol–water partition coefficient (Wildman–Crippen LogP) is 13.7. The Balaban J connectivity index is 1.02. The maximum Gasteiger partial charge on any atom is 0.0708 e. The van der Waals surface area contributed by atoms with E-state index >= 15 is 0 Å². The molecule has 2 heteroatoms.